The van der Waals surface area contributed by atoms with Gasteiger partial charge in [0.15, 0.2) is 0 Å². The summed E-state index contributed by atoms with van der Waals surface area (Å²) < 4.78 is 5.37. The molecule has 0 aliphatic rings. The molecule has 0 bridgehead atoms. The Labute approximate surface area is 141 Å². The molecule has 0 aliphatic carbocycles. The van der Waals surface area contributed by atoms with Crippen LogP contribution in [-0.2, 0) is 4.74 Å². The topological polar surface area (TPSA) is 89.6 Å². The number of ether oxygens (including phenoxy) is 1. The SMILES string of the molecule is Cc1c(C(=O)O)cccc1-c1cccc(C(=O)OC(C)(C)C)c1N. The number of hydrogen-bond acceptors (Lipinski definition) is 4. The Morgan fingerprint density at radius 1 is 1.00 bits per heavy atom. The maximum absolute atomic E-state index is 12.3. The summed E-state index contributed by atoms with van der Waals surface area (Å²) in [4.78, 5) is 23.6. The lowest BCUT2D eigenvalue weighted by Gasteiger charge is -2.21. The standard InChI is InChI=1S/C19H21NO4/c1-11-12(7-5-8-13(11)17(21)22)14-9-6-10-15(16(14)20)18(23)24-19(2,3)4/h5-10H,20H2,1-4H3,(H,21,22). The first kappa shape index (κ1) is 17.5. The van der Waals surface area contributed by atoms with Crippen molar-refractivity contribution in [1.82, 2.24) is 0 Å². The minimum Gasteiger partial charge on any atom is -0.478 e. The Morgan fingerprint density at radius 3 is 2.08 bits per heavy atom. The number of carbonyl (C=O) groups is 2. The average Bonchev–Trinajstić information content (AvgIpc) is 2.46. The van der Waals surface area contributed by atoms with Gasteiger partial charge in [0.05, 0.1) is 16.8 Å². The number of esters is 1. The van der Waals surface area contributed by atoms with E-state index in [1.54, 1.807) is 58.0 Å². The molecule has 5 nitrogen and oxygen atoms in total. The highest BCUT2D eigenvalue weighted by Gasteiger charge is 2.22. The lowest BCUT2D eigenvalue weighted by atomic mass is 9.94. The van der Waals surface area contributed by atoms with Gasteiger partial charge < -0.3 is 15.6 Å². The van der Waals surface area contributed by atoms with E-state index in [-0.39, 0.29) is 16.8 Å². The molecule has 2 rings (SSSR count). The molecule has 0 amide bonds. The number of rotatable bonds is 3. The number of carboxylic acid groups (broad SMARTS) is 1. The van der Waals surface area contributed by atoms with Crippen molar-refractivity contribution in [2.45, 2.75) is 33.3 Å². The molecule has 0 fully saturated rings. The first-order valence-corrected chi connectivity index (χ1v) is 7.57. The summed E-state index contributed by atoms with van der Waals surface area (Å²) >= 11 is 0. The van der Waals surface area contributed by atoms with Crippen LogP contribution in [0.1, 0.15) is 47.1 Å². The number of nitrogens with two attached hydrogens (primary N) is 1. The summed E-state index contributed by atoms with van der Waals surface area (Å²) in [5.74, 6) is -1.51. The lowest BCUT2D eigenvalue weighted by molar-refractivity contribution is 0.00706. The summed E-state index contributed by atoms with van der Waals surface area (Å²) in [6.45, 7) is 7.07. The Balaban J connectivity index is 2.55. The molecule has 2 aromatic rings. The van der Waals surface area contributed by atoms with Crippen molar-refractivity contribution in [2.24, 2.45) is 0 Å². The van der Waals surface area contributed by atoms with Crippen LogP contribution in [0.25, 0.3) is 11.1 Å². The van der Waals surface area contributed by atoms with Crippen molar-refractivity contribution in [2.75, 3.05) is 5.73 Å². The second-order valence-corrected chi connectivity index (χ2v) is 6.55. The highest BCUT2D eigenvalue weighted by Crippen LogP contribution is 2.33. The summed E-state index contributed by atoms with van der Waals surface area (Å²) in [6, 6.07) is 10.0. The van der Waals surface area contributed by atoms with Crippen LogP contribution in [0.4, 0.5) is 5.69 Å². The summed E-state index contributed by atoms with van der Waals surface area (Å²) in [5, 5.41) is 9.27. The predicted molar refractivity (Wildman–Crippen MR) is 93.2 cm³/mol. The average molecular weight is 327 g/mol. The van der Waals surface area contributed by atoms with E-state index in [0.29, 0.717) is 16.7 Å². The normalized spacial score (nSPS) is 11.2. The van der Waals surface area contributed by atoms with Crippen LogP contribution in [0, 0.1) is 6.92 Å². The Kier molecular flexibility index (Phi) is 4.64. The lowest BCUT2D eigenvalue weighted by Crippen LogP contribution is -2.24. The number of aromatic carboxylic acids is 1. The largest absolute Gasteiger partial charge is 0.478 e. The summed E-state index contributed by atoms with van der Waals surface area (Å²) in [5.41, 5.74) is 8.18. The molecule has 126 valence electrons. The van der Waals surface area contributed by atoms with E-state index in [1.807, 2.05) is 0 Å². The maximum atomic E-state index is 12.3. The van der Waals surface area contributed by atoms with E-state index in [4.69, 9.17) is 10.5 Å². The molecule has 0 unspecified atom stereocenters. The van der Waals surface area contributed by atoms with Crippen LogP contribution in [0.2, 0.25) is 0 Å². The summed E-state index contributed by atoms with van der Waals surface area (Å²) in [7, 11) is 0. The van der Waals surface area contributed by atoms with Crippen molar-refractivity contribution >= 4 is 17.6 Å². The molecule has 0 aliphatic heterocycles. The van der Waals surface area contributed by atoms with Gasteiger partial charge in [-0.15, -0.1) is 0 Å². The van der Waals surface area contributed by atoms with Crippen molar-refractivity contribution in [1.29, 1.82) is 0 Å². The highest BCUT2D eigenvalue weighted by molar-refractivity contribution is 6.00. The number of anilines is 1. The van der Waals surface area contributed by atoms with Crippen molar-refractivity contribution in [3.05, 3.63) is 53.1 Å². The zero-order valence-electron chi connectivity index (χ0n) is 14.2. The van der Waals surface area contributed by atoms with Gasteiger partial charge in [0.2, 0.25) is 0 Å². The molecule has 2 aromatic carbocycles. The van der Waals surface area contributed by atoms with Crippen molar-refractivity contribution in [3.8, 4) is 11.1 Å². The molecular weight excluding hydrogens is 306 g/mol. The van der Waals surface area contributed by atoms with Crippen LogP contribution in [-0.4, -0.2) is 22.6 Å². The number of benzene rings is 2. The zero-order valence-corrected chi connectivity index (χ0v) is 14.2. The van der Waals surface area contributed by atoms with Crippen LogP contribution < -0.4 is 5.73 Å². The maximum Gasteiger partial charge on any atom is 0.340 e. The van der Waals surface area contributed by atoms with E-state index in [1.165, 1.54) is 6.07 Å². The number of nitrogen functional groups attached to an aromatic ring is 1. The van der Waals surface area contributed by atoms with Gasteiger partial charge in [-0.05, 0) is 51.0 Å². The molecule has 0 spiro atoms. The van der Waals surface area contributed by atoms with E-state index < -0.39 is 17.5 Å². The van der Waals surface area contributed by atoms with Gasteiger partial charge in [-0.25, -0.2) is 9.59 Å². The first-order valence-electron chi connectivity index (χ1n) is 7.57. The smallest absolute Gasteiger partial charge is 0.340 e. The number of carbonyl (C=O) groups excluding carboxylic acids is 1. The van der Waals surface area contributed by atoms with Crippen LogP contribution in [0.3, 0.4) is 0 Å². The van der Waals surface area contributed by atoms with Crippen LogP contribution in [0.15, 0.2) is 36.4 Å². The van der Waals surface area contributed by atoms with Crippen LogP contribution in [0.5, 0.6) is 0 Å². The molecule has 0 saturated heterocycles. The number of carboxylic acids is 1. The van der Waals surface area contributed by atoms with Gasteiger partial charge in [0.25, 0.3) is 0 Å². The third-order valence-corrected chi connectivity index (χ3v) is 3.58. The fourth-order valence-electron chi connectivity index (χ4n) is 2.47. The van der Waals surface area contributed by atoms with Gasteiger partial charge in [-0.1, -0.05) is 24.3 Å². The predicted octanol–water partition coefficient (Wildman–Crippen LogP) is 3.90. The van der Waals surface area contributed by atoms with Crippen LogP contribution >= 0.6 is 0 Å². The van der Waals surface area contributed by atoms with Gasteiger partial charge in [-0.2, -0.15) is 0 Å². The third-order valence-electron chi connectivity index (χ3n) is 3.58. The second kappa shape index (κ2) is 6.35. The molecule has 0 aromatic heterocycles. The second-order valence-electron chi connectivity index (χ2n) is 6.55. The quantitative estimate of drug-likeness (QED) is 0.659. The Bertz CT molecular complexity index is 803. The molecule has 0 atom stereocenters. The Morgan fingerprint density at radius 2 is 1.54 bits per heavy atom. The van der Waals surface area contributed by atoms with Gasteiger partial charge in [0.1, 0.15) is 5.60 Å². The van der Waals surface area contributed by atoms with E-state index in [0.717, 1.165) is 0 Å². The van der Waals surface area contributed by atoms with E-state index in [2.05, 4.69) is 0 Å². The van der Waals surface area contributed by atoms with E-state index >= 15 is 0 Å². The zero-order chi connectivity index (χ0) is 18.1. The molecule has 24 heavy (non-hydrogen) atoms. The van der Waals surface area contributed by atoms with Gasteiger partial charge >= 0.3 is 11.9 Å². The minimum atomic E-state index is -1.00. The van der Waals surface area contributed by atoms with Crippen molar-refractivity contribution in [3.63, 3.8) is 0 Å². The third kappa shape index (κ3) is 3.56. The molecule has 0 heterocycles. The Hall–Kier alpha value is -2.82. The monoisotopic (exact) mass is 327 g/mol. The fourth-order valence-corrected chi connectivity index (χ4v) is 2.47. The van der Waals surface area contributed by atoms with Gasteiger partial charge in [0, 0.05) is 5.56 Å². The molecule has 0 radical (unpaired) electrons. The minimum absolute atomic E-state index is 0.203. The first-order chi connectivity index (χ1) is 11.1. The number of hydrogen-bond donors (Lipinski definition) is 2. The molecule has 0 saturated carbocycles. The fraction of sp³-hybridized carbons (Fsp3) is 0.263. The molecule has 5 heteroatoms. The van der Waals surface area contributed by atoms with Gasteiger partial charge in [-0.3, -0.25) is 0 Å². The summed E-state index contributed by atoms with van der Waals surface area (Å²) in [6.07, 6.45) is 0. The highest BCUT2D eigenvalue weighted by atomic mass is 16.6. The van der Waals surface area contributed by atoms with E-state index in [9.17, 15) is 14.7 Å². The van der Waals surface area contributed by atoms with Crippen molar-refractivity contribution < 1.29 is 19.4 Å². The molecular formula is C19H21NO4. The molecule has 3 N–H and O–H groups in total. The number of para-hydroxylation sites is 1.